The van der Waals surface area contributed by atoms with Crippen molar-refractivity contribution in [2.75, 3.05) is 0 Å². The van der Waals surface area contributed by atoms with Crippen LogP contribution in [0.3, 0.4) is 0 Å². The Balaban J connectivity index is 2.12. The predicted octanol–water partition coefficient (Wildman–Crippen LogP) is 2.25. The van der Waals surface area contributed by atoms with Crippen molar-refractivity contribution < 1.29 is 14.3 Å². The average Bonchev–Trinajstić information content (AvgIpc) is 2.90. The first-order valence-electron chi connectivity index (χ1n) is 6.55. The van der Waals surface area contributed by atoms with Gasteiger partial charge in [-0.1, -0.05) is 24.8 Å². The Labute approximate surface area is 122 Å². The van der Waals surface area contributed by atoms with Crippen molar-refractivity contribution in [1.82, 2.24) is 15.0 Å². The molecule has 1 aliphatic rings. The number of aromatic nitrogens is 3. The molecule has 0 radical (unpaired) electrons. The van der Waals surface area contributed by atoms with Gasteiger partial charge in [-0.05, 0) is 5.56 Å². The first-order chi connectivity index (χ1) is 10.00. The fourth-order valence-electron chi connectivity index (χ4n) is 2.28. The van der Waals surface area contributed by atoms with Crippen molar-refractivity contribution in [3.63, 3.8) is 0 Å². The molecule has 0 saturated carbocycles. The highest BCUT2D eigenvalue weighted by Crippen LogP contribution is 2.37. The number of fused-ring (bicyclic) bond motifs is 1. The maximum absolute atomic E-state index is 12.3. The van der Waals surface area contributed by atoms with Crippen LogP contribution in [0.2, 0.25) is 0 Å². The number of hydrogen-bond donors (Lipinski definition) is 0. The second kappa shape index (κ2) is 4.73. The van der Waals surface area contributed by atoms with Gasteiger partial charge in [-0.2, -0.15) is 15.0 Å². The second-order valence-electron chi connectivity index (χ2n) is 5.17. The van der Waals surface area contributed by atoms with E-state index in [2.05, 4.69) is 16.8 Å². The third kappa shape index (κ3) is 2.40. The Hall–Kier alpha value is -2.63. The maximum Gasteiger partial charge on any atom is 0.345 e. The molecule has 0 saturated heterocycles. The summed E-state index contributed by atoms with van der Waals surface area (Å²) >= 11 is 0. The lowest BCUT2D eigenvalue weighted by atomic mass is 10.0. The van der Waals surface area contributed by atoms with Crippen LogP contribution in [-0.4, -0.2) is 26.8 Å². The Bertz CT molecular complexity index is 705. The van der Waals surface area contributed by atoms with Gasteiger partial charge in [0.25, 0.3) is 0 Å². The van der Waals surface area contributed by atoms with Gasteiger partial charge in [0.15, 0.2) is 0 Å². The molecule has 1 aliphatic heterocycles. The lowest BCUT2D eigenvalue weighted by Gasteiger charge is -2.33. The zero-order chi connectivity index (χ0) is 15.0. The SMILES string of the molecule is C=Cc1ccc(Cn2nccn2)c2c1OC(C)(C)OC2=O. The number of carbonyl (C=O) groups excluding carboxylic acids is 1. The highest BCUT2D eigenvalue weighted by atomic mass is 16.7. The topological polar surface area (TPSA) is 66.2 Å². The lowest BCUT2D eigenvalue weighted by molar-refractivity contribution is -0.127. The number of ether oxygens (including phenoxy) is 2. The summed E-state index contributed by atoms with van der Waals surface area (Å²) in [6.45, 7) is 7.52. The molecule has 6 nitrogen and oxygen atoms in total. The molecule has 0 bridgehead atoms. The van der Waals surface area contributed by atoms with Gasteiger partial charge in [0.2, 0.25) is 5.79 Å². The van der Waals surface area contributed by atoms with Crippen LogP contribution in [-0.2, 0) is 11.3 Å². The molecule has 1 aromatic carbocycles. The van der Waals surface area contributed by atoms with Crippen LogP contribution in [0.4, 0.5) is 0 Å². The Kier molecular flexibility index (Phi) is 3.01. The molecule has 0 fully saturated rings. The minimum absolute atomic E-state index is 0.367. The van der Waals surface area contributed by atoms with Gasteiger partial charge >= 0.3 is 5.97 Å². The summed E-state index contributed by atoms with van der Waals surface area (Å²) in [6, 6.07) is 3.70. The molecular weight excluding hydrogens is 270 g/mol. The molecule has 0 spiro atoms. The van der Waals surface area contributed by atoms with Gasteiger partial charge < -0.3 is 9.47 Å². The van der Waals surface area contributed by atoms with Crippen LogP contribution >= 0.6 is 0 Å². The summed E-state index contributed by atoms with van der Waals surface area (Å²) in [7, 11) is 0. The molecule has 108 valence electrons. The van der Waals surface area contributed by atoms with Crippen molar-refractivity contribution in [3.8, 4) is 5.75 Å². The lowest BCUT2D eigenvalue weighted by Crippen LogP contribution is -2.39. The zero-order valence-corrected chi connectivity index (χ0v) is 11.9. The van der Waals surface area contributed by atoms with Gasteiger partial charge in [-0.25, -0.2) is 4.79 Å². The van der Waals surface area contributed by atoms with Crippen molar-refractivity contribution in [2.45, 2.75) is 26.2 Å². The number of cyclic esters (lactones) is 1. The van der Waals surface area contributed by atoms with E-state index >= 15 is 0 Å². The van der Waals surface area contributed by atoms with E-state index in [1.54, 1.807) is 32.3 Å². The Morgan fingerprint density at radius 1 is 1.29 bits per heavy atom. The van der Waals surface area contributed by atoms with Gasteiger partial charge in [-0.3, -0.25) is 0 Å². The number of carbonyl (C=O) groups is 1. The summed E-state index contributed by atoms with van der Waals surface area (Å²) in [5.74, 6) is -0.909. The summed E-state index contributed by atoms with van der Waals surface area (Å²) < 4.78 is 11.1. The molecule has 1 aromatic heterocycles. The number of benzene rings is 1. The number of esters is 1. The standard InChI is InChI=1S/C15H15N3O3/c1-4-10-5-6-11(9-18-16-7-8-17-18)12-13(10)20-15(2,3)21-14(12)19/h4-8H,1,9H2,2-3H3. The highest BCUT2D eigenvalue weighted by Gasteiger charge is 2.36. The molecule has 0 atom stereocenters. The average molecular weight is 285 g/mol. The number of nitrogens with zero attached hydrogens (tertiary/aromatic N) is 3. The van der Waals surface area contributed by atoms with Crippen LogP contribution in [0, 0.1) is 0 Å². The minimum Gasteiger partial charge on any atom is -0.451 e. The van der Waals surface area contributed by atoms with Gasteiger partial charge in [0.1, 0.15) is 11.3 Å². The van der Waals surface area contributed by atoms with Crippen molar-refractivity contribution in [3.05, 3.63) is 47.8 Å². The van der Waals surface area contributed by atoms with E-state index in [9.17, 15) is 4.79 Å². The third-order valence-electron chi connectivity index (χ3n) is 3.16. The normalized spacial score (nSPS) is 15.8. The van der Waals surface area contributed by atoms with Crippen LogP contribution in [0.25, 0.3) is 6.08 Å². The van der Waals surface area contributed by atoms with Gasteiger partial charge in [0, 0.05) is 19.4 Å². The van der Waals surface area contributed by atoms with Crippen molar-refractivity contribution in [1.29, 1.82) is 0 Å². The van der Waals surface area contributed by atoms with Crippen molar-refractivity contribution in [2.24, 2.45) is 0 Å². The number of rotatable bonds is 3. The smallest absolute Gasteiger partial charge is 0.345 e. The van der Waals surface area contributed by atoms with Crippen LogP contribution < -0.4 is 4.74 Å². The van der Waals surface area contributed by atoms with E-state index in [0.717, 1.165) is 11.1 Å². The Morgan fingerprint density at radius 3 is 2.67 bits per heavy atom. The van der Waals surface area contributed by atoms with E-state index in [1.165, 1.54) is 4.80 Å². The summed E-state index contributed by atoms with van der Waals surface area (Å²) in [4.78, 5) is 13.8. The molecular formula is C15H15N3O3. The van der Waals surface area contributed by atoms with Gasteiger partial charge in [0.05, 0.1) is 18.9 Å². The van der Waals surface area contributed by atoms with E-state index in [1.807, 2.05) is 12.1 Å². The molecule has 2 aromatic rings. The van der Waals surface area contributed by atoms with E-state index in [4.69, 9.17) is 9.47 Å². The molecule has 21 heavy (non-hydrogen) atoms. The Morgan fingerprint density at radius 2 is 2.00 bits per heavy atom. The summed E-state index contributed by atoms with van der Waals surface area (Å²) in [5.41, 5.74) is 1.91. The van der Waals surface area contributed by atoms with Crippen LogP contribution in [0.5, 0.6) is 5.75 Å². The number of hydrogen-bond acceptors (Lipinski definition) is 5. The quantitative estimate of drug-likeness (QED) is 0.809. The molecule has 0 unspecified atom stereocenters. The monoisotopic (exact) mass is 285 g/mol. The van der Waals surface area contributed by atoms with E-state index < -0.39 is 11.8 Å². The molecule has 0 amide bonds. The van der Waals surface area contributed by atoms with Crippen LogP contribution in [0.1, 0.15) is 35.3 Å². The third-order valence-corrected chi connectivity index (χ3v) is 3.16. The molecule has 0 N–H and O–H groups in total. The summed E-state index contributed by atoms with van der Waals surface area (Å²) in [5, 5.41) is 8.10. The van der Waals surface area contributed by atoms with Crippen molar-refractivity contribution >= 4 is 12.0 Å². The zero-order valence-electron chi connectivity index (χ0n) is 11.9. The summed E-state index contributed by atoms with van der Waals surface area (Å²) in [6.07, 6.45) is 4.83. The van der Waals surface area contributed by atoms with E-state index in [-0.39, 0.29) is 0 Å². The largest absolute Gasteiger partial charge is 0.451 e. The molecule has 6 heteroatoms. The minimum atomic E-state index is -0.996. The van der Waals surface area contributed by atoms with E-state index in [0.29, 0.717) is 17.9 Å². The molecule has 3 rings (SSSR count). The maximum atomic E-state index is 12.3. The van der Waals surface area contributed by atoms with Gasteiger partial charge in [-0.15, -0.1) is 0 Å². The fraction of sp³-hybridized carbons (Fsp3) is 0.267. The predicted molar refractivity (Wildman–Crippen MR) is 75.8 cm³/mol. The molecule has 0 aliphatic carbocycles. The first kappa shape index (κ1) is 13.4. The first-order valence-corrected chi connectivity index (χ1v) is 6.55. The fourth-order valence-corrected chi connectivity index (χ4v) is 2.28. The second-order valence-corrected chi connectivity index (χ2v) is 5.17. The van der Waals surface area contributed by atoms with Crippen LogP contribution in [0.15, 0.2) is 31.1 Å². The highest BCUT2D eigenvalue weighted by molar-refractivity contribution is 5.96. The molecule has 2 heterocycles.